The van der Waals surface area contributed by atoms with Crippen molar-refractivity contribution in [3.8, 4) is 0 Å². The van der Waals surface area contributed by atoms with Crippen LogP contribution in [0.1, 0.15) is 0 Å². The molecule has 0 rings (SSSR count). The predicted molar refractivity (Wildman–Crippen MR) is 23.7 cm³/mol. The molecule has 0 aromatic heterocycles. The minimum atomic E-state index is -0.809. The van der Waals surface area contributed by atoms with E-state index in [0.717, 1.165) is 0 Å². The Balaban J connectivity index is 2.85. The minimum Gasteiger partial charge on any atom is -0.490 e. The predicted octanol–water partition coefficient (Wildman–Crippen LogP) is -1.35. The van der Waals surface area contributed by atoms with Gasteiger partial charge in [-0.05, 0) is 10.1 Å². The van der Waals surface area contributed by atoms with Crippen molar-refractivity contribution in [2.45, 2.75) is 0 Å². The van der Waals surface area contributed by atoms with Crippen LogP contribution in [0.5, 0.6) is 0 Å². The van der Waals surface area contributed by atoms with Gasteiger partial charge in [-0.15, -0.1) is 0 Å². The highest BCUT2D eigenvalue weighted by atomic mass is 28.1. The van der Waals surface area contributed by atoms with Crippen molar-refractivity contribution in [1.29, 1.82) is 0 Å². The lowest BCUT2D eigenvalue weighted by molar-refractivity contribution is 0.220. The first-order chi connectivity index (χ1) is 2.27. The van der Waals surface area contributed by atoms with Crippen LogP contribution >= 0.6 is 0 Å². The van der Waals surface area contributed by atoms with E-state index >= 15 is 0 Å². The Kier molecular flexibility index (Phi) is 1.92. The van der Waals surface area contributed by atoms with Crippen LogP contribution in [0, 0.1) is 0 Å². The molecule has 0 heterocycles. The molecule has 2 nitrogen and oxygen atoms in total. The Bertz CT molecular complexity index is 44.9. The normalized spacial score (nSPS) is 7.20. The third-order valence-electron chi connectivity index (χ3n) is 0.247. The highest BCUT2D eigenvalue weighted by Crippen LogP contribution is 1.51. The molecule has 0 aliphatic rings. The summed E-state index contributed by atoms with van der Waals surface area (Å²) >= 11 is 0. The maximum atomic E-state index is 9.35. The van der Waals surface area contributed by atoms with Gasteiger partial charge >= 0.3 is 0 Å². The SMILES string of the molecule is O=C(O)[B][SiH3]. The van der Waals surface area contributed by atoms with E-state index in [4.69, 9.17) is 5.11 Å². The van der Waals surface area contributed by atoms with Crippen molar-refractivity contribution < 1.29 is 9.90 Å². The van der Waals surface area contributed by atoms with Crippen molar-refractivity contribution in [2.75, 3.05) is 0 Å². The molecule has 0 aliphatic heterocycles. The van der Waals surface area contributed by atoms with E-state index in [-0.39, 0.29) is 0 Å². The van der Waals surface area contributed by atoms with Crippen LogP contribution in [0.15, 0.2) is 0 Å². The van der Waals surface area contributed by atoms with Gasteiger partial charge in [0.25, 0.3) is 0 Å². The summed E-state index contributed by atoms with van der Waals surface area (Å²) < 4.78 is 0. The molecule has 0 atom stereocenters. The molecule has 0 unspecified atom stereocenters. The van der Waals surface area contributed by atoms with Gasteiger partial charge in [-0.1, -0.05) is 0 Å². The number of carboxylic acid groups (broad SMARTS) is 1. The standard InChI is InChI=1S/CH4BO2Si/c3-1(4)2-5/h5H3,(H,3,4). The van der Waals surface area contributed by atoms with E-state index in [1.807, 2.05) is 0 Å². The van der Waals surface area contributed by atoms with Gasteiger partial charge < -0.3 is 5.11 Å². The molecule has 5 heavy (non-hydrogen) atoms. The molecule has 27 valence electrons. The maximum Gasteiger partial charge on any atom is 0.239 e. The second kappa shape index (κ2) is 2.02. The molecule has 1 N–H and O–H groups in total. The van der Waals surface area contributed by atoms with Crippen LogP contribution in [0.2, 0.25) is 0 Å². The Morgan fingerprint density at radius 3 is 2.20 bits per heavy atom. The van der Waals surface area contributed by atoms with Gasteiger partial charge in [-0.2, -0.15) is 0 Å². The van der Waals surface area contributed by atoms with E-state index in [1.54, 1.807) is 0 Å². The van der Waals surface area contributed by atoms with Crippen LogP contribution < -0.4 is 0 Å². The molecule has 4 heteroatoms. The van der Waals surface area contributed by atoms with Crippen molar-refractivity contribution >= 4 is 22.9 Å². The first-order valence-corrected chi connectivity index (χ1v) is 2.45. The molecular weight excluding hydrogens is 82.9 g/mol. The molecule has 0 saturated carbocycles. The summed E-state index contributed by atoms with van der Waals surface area (Å²) in [6.45, 7) is 1.22. The lowest BCUT2D eigenvalue weighted by Gasteiger charge is -1.69. The molecule has 0 saturated heterocycles. The fraction of sp³-hybridized carbons (Fsp3) is 0. The van der Waals surface area contributed by atoms with Crippen LogP contribution in [0.25, 0.3) is 0 Å². The molecule has 0 fully saturated rings. The Labute approximate surface area is 33.8 Å². The summed E-state index contributed by atoms with van der Waals surface area (Å²) in [6, 6.07) is 0. The molecular formula is CH4BO2Si. The third-order valence-corrected chi connectivity index (χ3v) is 0.741. The average molecular weight is 86.9 g/mol. The zero-order valence-electron chi connectivity index (χ0n) is 2.93. The fourth-order valence-corrected chi connectivity index (χ4v) is 0. The number of hydrogen-bond acceptors (Lipinski definition) is 1. The zero-order chi connectivity index (χ0) is 4.28. The number of hydrogen-bond donors (Lipinski definition) is 1. The second-order valence-electron chi connectivity index (χ2n) is 0.627. The Hall–Kier alpha value is -0.248. The third kappa shape index (κ3) is 3.75. The highest BCUT2D eigenvalue weighted by molar-refractivity contribution is 7.07. The summed E-state index contributed by atoms with van der Waals surface area (Å²) in [6.07, 6.45) is 0. The molecule has 0 aliphatic carbocycles. The van der Waals surface area contributed by atoms with E-state index in [1.165, 1.54) is 6.87 Å². The second-order valence-corrected chi connectivity index (χ2v) is 1.20. The Morgan fingerprint density at radius 1 is 2.00 bits per heavy atom. The summed E-state index contributed by atoms with van der Waals surface area (Å²) in [7, 11) is 0.649. The average Bonchev–Trinajstić information content (AvgIpc) is 1.38. The lowest BCUT2D eigenvalue weighted by Crippen LogP contribution is -2.02. The van der Waals surface area contributed by atoms with Gasteiger partial charge in [-0.25, -0.2) is 0 Å². The van der Waals surface area contributed by atoms with Gasteiger partial charge in [0, 0.05) is 0 Å². The van der Waals surface area contributed by atoms with Crippen molar-refractivity contribution in [3.63, 3.8) is 0 Å². The number of rotatable bonds is 1. The van der Waals surface area contributed by atoms with Crippen LogP contribution in [-0.4, -0.2) is 28.0 Å². The molecule has 0 bridgehead atoms. The van der Waals surface area contributed by atoms with Gasteiger partial charge in [0.15, 0.2) is 0 Å². The van der Waals surface area contributed by atoms with Gasteiger partial charge in [0.2, 0.25) is 12.7 Å². The lowest BCUT2D eigenvalue weighted by atomic mass is 10.1. The van der Waals surface area contributed by atoms with E-state index < -0.39 is 5.87 Å². The highest BCUT2D eigenvalue weighted by Gasteiger charge is 1.84. The van der Waals surface area contributed by atoms with Crippen LogP contribution in [-0.2, 0) is 0 Å². The molecule has 1 radical (unpaired) electrons. The monoisotopic (exact) mass is 87.0 g/mol. The van der Waals surface area contributed by atoms with Crippen LogP contribution in [0.3, 0.4) is 0 Å². The summed E-state index contributed by atoms with van der Waals surface area (Å²) in [4.78, 5) is 9.35. The van der Waals surface area contributed by atoms with Gasteiger partial charge in [0.1, 0.15) is 0 Å². The van der Waals surface area contributed by atoms with E-state index in [9.17, 15) is 4.79 Å². The van der Waals surface area contributed by atoms with Crippen molar-refractivity contribution in [2.24, 2.45) is 0 Å². The zero-order valence-corrected chi connectivity index (χ0v) is 4.93. The first-order valence-electron chi connectivity index (χ1n) is 1.29. The minimum absolute atomic E-state index is 0.649. The van der Waals surface area contributed by atoms with E-state index in [2.05, 4.69) is 0 Å². The first kappa shape index (κ1) is 4.75. The fourth-order valence-electron chi connectivity index (χ4n) is 0. The summed E-state index contributed by atoms with van der Waals surface area (Å²) in [5, 5.41) is 7.70. The van der Waals surface area contributed by atoms with Gasteiger partial charge in [-0.3, -0.25) is 4.79 Å². The number of carbonyl (C=O) groups is 1. The molecule has 0 aromatic rings. The largest absolute Gasteiger partial charge is 0.490 e. The summed E-state index contributed by atoms with van der Waals surface area (Å²) in [5.74, 6) is -0.809. The van der Waals surface area contributed by atoms with Gasteiger partial charge in [0.05, 0.1) is 0 Å². The van der Waals surface area contributed by atoms with Crippen molar-refractivity contribution in [1.82, 2.24) is 0 Å². The van der Waals surface area contributed by atoms with E-state index in [0.29, 0.717) is 10.1 Å². The topological polar surface area (TPSA) is 37.3 Å². The van der Waals surface area contributed by atoms with Crippen LogP contribution in [0.4, 0.5) is 4.79 Å². The molecule has 0 amide bonds. The molecule has 0 spiro atoms. The maximum absolute atomic E-state index is 9.35. The molecule has 0 aromatic carbocycles. The quantitative estimate of drug-likeness (QED) is 0.401. The summed E-state index contributed by atoms with van der Waals surface area (Å²) in [5.41, 5.74) is 0. The smallest absolute Gasteiger partial charge is 0.239 e. The Morgan fingerprint density at radius 2 is 2.20 bits per heavy atom. The van der Waals surface area contributed by atoms with Crippen molar-refractivity contribution in [3.05, 3.63) is 0 Å².